The summed E-state index contributed by atoms with van der Waals surface area (Å²) >= 11 is 0. The Labute approximate surface area is 129 Å². The van der Waals surface area contributed by atoms with Gasteiger partial charge >= 0.3 is 0 Å². The van der Waals surface area contributed by atoms with Crippen LogP contribution in [0.15, 0.2) is 23.0 Å². The van der Waals surface area contributed by atoms with Crippen LogP contribution in [-0.2, 0) is 19.1 Å². The van der Waals surface area contributed by atoms with Gasteiger partial charge in [-0.05, 0) is 43.8 Å². The van der Waals surface area contributed by atoms with E-state index >= 15 is 0 Å². The summed E-state index contributed by atoms with van der Waals surface area (Å²) in [6, 6.07) is 0. The minimum Gasteiger partial charge on any atom is -0.496 e. The molecular formula is C16H22N2O4. The molecule has 2 amide bonds. The van der Waals surface area contributed by atoms with Crippen LogP contribution in [0.4, 0.5) is 0 Å². The number of nitrogens with two attached hydrogens (primary N) is 2. The van der Waals surface area contributed by atoms with Crippen molar-refractivity contribution in [2.24, 2.45) is 28.7 Å². The van der Waals surface area contributed by atoms with Crippen LogP contribution >= 0.6 is 0 Å². The van der Waals surface area contributed by atoms with Crippen molar-refractivity contribution in [1.82, 2.24) is 0 Å². The molecule has 0 aromatic rings. The number of carbonyl (C=O) groups is 2. The van der Waals surface area contributed by atoms with Gasteiger partial charge in [0.15, 0.2) is 0 Å². The molecule has 2 heterocycles. The first-order valence-electron chi connectivity index (χ1n) is 7.69. The smallest absolute Gasteiger partial charge is 0.244 e. The maximum Gasteiger partial charge on any atom is 0.244 e. The molecule has 22 heavy (non-hydrogen) atoms. The van der Waals surface area contributed by atoms with Crippen LogP contribution in [0, 0.1) is 17.3 Å². The maximum atomic E-state index is 12.0. The summed E-state index contributed by atoms with van der Waals surface area (Å²) in [5.74, 6) is 0.242. The SMILES string of the molecule is CC1(C(N)=O)CC(C(N)=O)=CC2=C1OCC2C1CCOCC1. The van der Waals surface area contributed by atoms with Crippen molar-refractivity contribution in [3.05, 3.63) is 23.0 Å². The molecule has 1 fully saturated rings. The second kappa shape index (κ2) is 5.43. The molecule has 6 nitrogen and oxygen atoms in total. The summed E-state index contributed by atoms with van der Waals surface area (Å²) in [5, 5.41) is 0. The molecule has 3 rings (SSSR count). The lowest BCUT2D eigenvalue weighted by molar-refractivity contribution is -0.127. The lowest BCUT2D eigenvalue weighted by atomic mass is 9.71. The Hall–Kier alpha value is -1.82. The predicted octanol–water partition coefficient (Wildman–Crippen LogP) is 0.621. The average molecular weight is 306 g/mol. The zero-order valence-electron chi connectivity index (χ0n) is 12.8. The van der Waals surface area contributed by atoms with Crippen molar-refractivity contribution >= 4 is 11.8 Å². The first-order valence-corrected chi connectivity index (χ1v) is 7.69. The molecule has 1 saturated heterocycles. The van der Waals surface area contributed by atoms with E-state index in [4.69, 9.17) is 20.9 Å². The fourth-order valence-corrected chi connectivity index (χ4v) is 3.73. The van der Waals surface area contributed by atoms with Gasteiger partial charge in [0, 0.05) is 24.7 Å². The number of carbonyl (C=O) groups excluding carboxylic acids is 2. The summed E-state index contributed by atoms with van der Waals surface area (Å²) < 4.78 is 11.3. The monoisotopic (exact) mass is 306 g/mol. The predicted molar refractivity (Wildman–Crippen MR) is 79.2 cm³/mol. The minimum atomic E-state index is -0.992. The summed E-state index contributed by atoms with van der Waals surface area (Å²) in [7, 11) is 0. The molecular weight excluding hydrogens is 284 g/mol. The molecule has 0 aromatic carbocycles. The van der Waals surface area contributed by atoms with Crippen LogP contribution in [0.3, 0.4) is 0 Å². The van der Waals surface area contributed by atoms with Gasteiger partial charge in [-0.3, -0.25) is 9.59 Å². The van der Waals surface area contributed by atoms with Gasteiger partial charge < -0.3 is 20.9 Å². The van der Waals surface area contributed by atoms with Gasteiger partial charge in [-0.25, -0.2) is 0 Å². The normalized spacial score (nSPS) is 32.2. The van der Waals surface area contributed by atoms with Crippen LogP contribution < -0.4 is 11.5 Å². The highest BCUT2D eigenvalue weighted by molar-refractivity contribution is 5.96. The van der Waals surface area contributed by atoms with Crippen molar-refractivity contribution in [3.63, 3.8) is 0 Å². The maximum absolute atomic E-state index is 12.0. The quantitative estimate of drug-likeness (QED) is 0.797. The van der Waals surface area contributed by atoms with Crippen LogP contribution in [0.5, 0.6) is 0 Å². The topological polar surface area (TPSA) is 105 Å². The molecule has 6 heteroatoms. The summed E-state index contributed by atoms with van der Waals surface area (Å²) in [5.41, 5.74) is 11.4. The van der Waals surface area contributed by atoms with Gasteiger partial charge in [0.25, 0.3) is 0 Å². The third-order valence-corrected chi connectivity index (χ3v) is 5.14. The Morgan fingerprint density at radius 3 is 2.55 bits per heavy atom. The molecule has 0 bridgehead atoms. The van der Waals surface area contributed by atoms with Gasteiger partial charge in [-0.15, -0.1) is 0 Å². The summed E-state index contributed by atoms with van der Waals surface area (Å²) in [4.78, 5) is 23.6. The lowest BCUT2D eigenvalue weighted by Crippen LogP contribution is -2.40. The summed E-state index contributed by atoms with van der Waals surface area (Å²) in [6.07, 6.45) is 3.93. The van der Waals surface area contributed by atoms with E-state index in [0.29, 0.717) is 23.9 Å². The van der Waals surface area contributed by atoms with Crippen molar-refractivity contribution in [3.8, 4) is 0 Å². The Morgan fingerprint density at radius 1 is 1.27 bits per heavy atom. The standard InChI is InChI=1S/C16H22N2O4/c1-16(15(18)20)7-10(14(17)19)6-11-12(8-22-13(11)16)9-2-4-21-5-3-9/h6,9,12H,2-5,7-8H2,1H3,(H2,17,19)(H2,18,20). The molecule has 0 spiro atoms. The number of primary amides is 2. The number of allylic oxidation sites excluding steroid dienone is 1. The van der Waals surface area contributed by atoms with E-state index in [1.165, 1.54) is 0 Å². The fraction of sp³-hybridized carbons (Fsp3) is 0.625. The van der Waals surface area contributed by atoms with Gasteiger partial charge in [0.05, 0.1) is 6.61 Å². The molecule has 2 aliphatic heterocycles. The van der Waals surface area contributed by atoms with E-state index in [9.17, 15) is 9.59 Å². The fourth-order valence-electron chi connectivity index (χ4n) is 3.73. The molecule has 2 atom stereocenters. The zero-order valence-corrected chi connectivity index (χ0v) is 12.8. The van der Waals surface area contributed by atoms with E-state index < -0.39 is 17.2 Å². The van der Waals surface area contributed by atoms with Crippen molar-refractivity contribution < 1.29 is 19.1 Å². The van der Waals surface area contributed by atoms with E-state index in [1.54, 1.807) is 6.92 Å². The highest BCUT2D eigenvalue weighted by Crippen LogP contribution is 2.49. The first-order chi connectivity index (χ1) is 10.4. The van der Waals surface area contributed by atoms with Gasteiger partial charge in [-0.2, -0.15) is 0 Å². The average Bonchev–Trinajstić information content (AvgIpc) is 2.92. The van der Waals surface area contributed by atoms with E-state index in [-0.39, 0.29) is 12.3 Å². The number of ether oxygens (including phenoxy) is 2. The Balaban J connectivity index is 2.00. The molecule has 4 N–H and O–H groups in total. The molecule has 2 unspecified atom stereocenters. The van der Waals surface area contributed by atoms with Crippen molar-refractivity contribution in [2.45, 2.75) is 26.2 Å². The van der Waals surface area contributed by atoms with E-state index in [0.717, 1.165) is 31.6 Å². The van der Waals surface area contributed by atoms with Crippen LogP contribution in [-0.4, -0.2) is 31.6 Å². The van der Waals surface area contributed by atoms with Crippen molar-refractivity contribution in [2.75, 3.05) is 19.8 Å². The van der Waals surface area contributed by atoms with Crippen LogP contribution in [0.25, 0.3) is 0 Å². The Bertz CT molecular complexity index is 575. The number of hydrogen-bond acceptors (Lipinski definition) is 4. The summed E-state index contributed by atoms with van der Waals surface area (Å²) in [6.45, 7) is 3.74. The van der Waals surface area contributed by atoms with Crippen molar-refractivity contribution in [1.29, 1.82) is 0 Å². The molecule has 0 radical (unpaired) electrons. The largest absolute Gasteiger partial charge is 0.496 e. The van der Waals surface area contributed by atoms with Crippen LogP contribution in [0.2, 0.25) is 0 Å². The van der Waals surface area contributed by atoms with Gasteiger partial charge in [0.1, 0.15) is 11.2 Å². The minimum absolute atomic E-state index is 0.173. The van der Waals surface area contributed by atoms with E-state index in [1.807, 2.05) is 6.08 Å². The molecule has 0 saturated carbocycles. The van der Waals surface area contributed by atoms with Crippen LogP contribution in [0.1, 0.15) is 26.2 Å². The Kier molecular flexibility index (Phi) is 3.72. The third kappa shape index (κ3) is 2.31. The highest BCUT2D eigenvalue weighted by atomic mass is 16.5. The number of amides is 2. The Morgan fingerprint density at radius 2 is 1.95 bits per heavy atom. The molecule has 120 valence electrons. The zero-order chi connectivity index (χ0) is 15.9. The van der Waals surface area contributed by atoms with E-state index in [2.05, 4.69) is 0 Å². The molecule has 3 aliphatic rings. The number of hydrogen-bond donors (Lipinski definition) is 2. The lowest BCUT2D eigenvalue weighted by Gasteiger charge is -2.32. The third-order valence-electron chi connectivity index (χ3n) is 5.14. The molecule has 1 aliphatic carbocycles. The molecule has 0 aromatic heterocycles. The first kappa shape index (κ1) is 15.1. The van der Waals surface area contributed by atoms with Gasteiger partial charge in [-0.1, -0.05) is 0 Å². The van der Waals surface area contributed by atoms with Gasteiger partial charge in [0.2, 0.25) is 11.8 Å². The highest BCUT2D eigenvalue weighted by Gasteiger charge is 2.48. The second-order valence-electron chi connectivity index (χ2n) is 6.56. The number of rotatable bonds is 3. The second-order valence-corrected chi connectivity index (χ2v) is 6.56.